The van der Waals surface area contributed by atoms with Crippen molar-refractivity contribution in [3.63, 3.8) is 0 Å². The van der Waals surface area contributed by atoms with Crippen molar-refractivity contribution in [2.75, 3.05) is 19.6 Å². The molecule has 1 aliphatic rings. The van der Waals surface area contributed by atoms with Crippen molar-refractivity contribution < 1.29 is 33.9 Å². The fourth-order valence-electron chi connectivity index (χ4n) is 4.41. The largest absolute Gasteiger partial charge is 0.481 e. The van der Waals surface area contributed by atoms with Crippen molar-refractivity contribution in [2.24, 2.45) is 21.6 Å². The van der Waals surface area contributed by atoms with Crippen molar-refractivity contribution >= 4 is 41.5 Å². The van der Waals surface area contributed by atoms with E-state index in [4.69, 9.17) is 17.0 Å². The van der Waals surface area contributed by atoms with Gasteiger partial charge in [-0.1, -0.05) is 41.9 Å². The summed E-state index contributed by atoms with van der Waals surface area (Å²) in [7, 11) is 0. The average molecular weight is 630 g/mol. The lowest BCUT2D eigenvalue weighted by molar-refractivity contribution is -0.141. The molecule has 18 nitrogen and oxygen atoms in total. The Balaban J connectivity index is 2.45. The molecule has 1 saturated heterocycles. The highest BCUT2D eigenvalue weighted by Crippen LogP contribution is 2.09. The lowest BCUT2D eigenvalue weighted by atomic mass is 10.0. The SMILES string of the molecule is [N-]=[N+]=NCCCC[C@@H]1NC(=O)[C@H](Cc2ccccc2)NC(=O)[C@H](CC(=O)O)NC(=O)CNC(=O)[C@H](CCCN=C(N)N)NC1=O. The first-order chi connectivity index (χ1) is 21.5. The number of azide groups is 1. The van der Waals surface area contributed by atoms with Crippen LogP contribution >= 0.6 is 0 Å². The van der Waals surface area contributed by atoms with Crippen LogP contribution in [0.15, 0.2) is 40.4 Å². The molecule has 1 aliphatic heterocycles. The summed E-state index contributed by atoms with van der Waals surface area (Å²) in [5, 5.41) is 25.3. The van der Waals surface area contributed by atoms with Crippen LogP contribution in [0.5, 0.6) is 0 Å². The average Bonchev–Trinajstić information content (AvgIpc) is 2.99. The number of unbranched alkanes of at least 4 members (excludes halogenated alkanes) is 1. The van der Waals surface area contributed by atoms with Crippen LogP contribution < -0.4 is 38.1 Å². The van der Waals surface area contributed by atoms with E-state index in [1.165, 1.54) is 0 Å². The lowest BCUT2D eigenvalue weighted by Crippen LogP contribution is -2.58. The maximum absolute atomic E-state index is 13.6. The standard InChI is InChI=1S/C27H39N11O7/c28-27(29)31-11-6-10-17-23(42)32-15-21(39)34-20(14-22(40)41)26(45)37-19(13-16-7-2-1-3-8-16)25(44)36-18(24(43)35-17)9-4-5-12-33-38-30/h1-3,7-8,17-20H,4-6,9-15H2,(H,32,42)(H,34,39)(H,35,43)(H,36,44)(H,37,45)(H,40,41)(H4,28,29,31)/t17-,18-,19-,20-/m0/s1. The zero-order valence-electron chi connectivity index (χ0n) is 24.6. The number of guanidine groups is 1. The van der Waals surface area contributed by atoms with E-state index in [2.05, 4.69) is 41.6 Å². The minimum Gasteiger partial charge on any atom is -0.481 e. The molecule has 10 N–H and O–H groups in total. The highest BCUT2D eigenvalue weighted by atomic mass is 16.4. The number of nitrogens with one attached hydrogen (secondary N) is 5. The van der Waals surface area contributed by atoms with Crippen LogP contribution in [0.2, 0.25) is 0 Å². The van der Waals surface area contributed by atoms with E-state index in [9.17, 15) is 33.9 Å². The molecule has 1 fully saturated rings. The fourth-order valence-corrected chi connectivity index (χ4v) is 4.41. The number of carbonyl (C=O) groups excluding carboxylic acids is 5. The van der Waals surface area contributed by atoms with Crippen molar-refractivity contribution in [1.29, 1.82) is 0 Å². The third-order valence-corrected chi connectivity index (χ3v) is 6.64. The Morgan fingerprint density at radius 1 is 0.822 bits per heavy atom. The first kappa shape index (κ1) is 35.8. The molecule has 0 aliphatic carbocycles. The summed E-state index contributed by atoms with van der Waals surface area (Å²) >= 11 is 0. The predicted molar refractivity (Wildman–Crippen MR) is 161 cm³/mol. The minimum atomic E-state index is -1.57. The number of carboxylic acid groups (broad SMARTS) is 1. The van der Waals surface area contributed by atoms with Crippen LogP contribution in [0.3, 0.4) is 0 Å². The third kappa shape index (κ3) is 13.6. The second-order valence-corrected chi connectivity index (χ2v) is 10.2. The Labute approximate surface area is 258 Å². The Hall–Kier alpha value is -5.38. The van der Waals surface area contributed by atoms with E-state index < -0.39 is 72.6 Å². The van der Waals surface area contributed by atoms with E-state index >= 15 is 0 Å². The van der Waals surface area contributed by atoms with Gasteiger partial charge in [0.1, 0.15) is 24.2 Å². The van der Waals surface area contributed by atoms with Gasteiger partial charge in [0.15, 0.2) is 5.96 Å². The van der Waals surface area contributed by atoms with E-state index in [0.29, 0.717) is 18.4 Å². The number of aliphatic imine (C=N–C) groups is 1. The molecule has 1 aromatic rings. The number of benzene rings is 1. The van der Waals surface area contributed by atoms with Gasteiger partial charge in [0.2, 0.25) is 29.5 Å². The number of hydrogen-bond donors (Lipinski definition) is 8. The molecule has 0 unspecified atom stereocenters. The van der Waals surface area contributed by atoms with Crippen molar-refractivity contribution in [3.8, 4) is 0 Å². The van der Waals surface area contributed by atoms with Gasteiger partial charge in [0.05, 0.1) is 13.0 Å². The third-order valence-electron chi connectivity index (χ3n) is 6.64. The summed E-state index contributed by atoms with van der Waals surface area (Å²) < 4.78 is 0. The molecule has 5 amide bonds. The lowest BCUT2D eigenvalue weighted by Gasteiger charge is -2.26. The molecule has 0 spiro atoms. The van der Waals surface area contributed by atoms with Gasteiger partial charge in [0.25, 0.3) is 0 Å². The topological polar surface area (TPSA) is 296 Å². The van der Waals surface area contributed by atoms with Crippen molar-refractivity contribution in [1.82, 2.24) is 26.6 Å². The predicted octanol–water partition coefficient (Wildman–Crippen LogP) is -1.69. The maximum Gasteiger partial charge on any atom is 0.305 e. The molecule has 0 saturated carbocycles. The number of amides is 5. The van der Waals surface area contributed by atoms with Gasteiger partial charge < -0.3 is 43.2 Å². The molecule has 0 aromatic heterocycles. The summed E-state index contributed by atoms with van der Waals surface area (Å²) in [4.78, 5) is 84.1. The first-order valence-corrected chi connectivity index (χ1v) is 14.3. The number of hydrogen-bond acceptors (Lipinski definition) is 8. The smallest absolute Gasteiger partial charge is 0.305 e. The van der Waals surface area contributed by atoms with E-state index in [0.717, 1.165) is 0 Å². The zero-order chi connectivity index (χ0) is 33.2. The highest BCUT2D eigenvalue weighted by Gasteiger charge is 2.33. The highest BCUT2D eigenvalue weighted by molar-refractivity contribution is 5.98. The van der Waals surface area contributed by atoms with Crippen LogP contribution in [-0.2, 0) is 35.2 Å². The van der Waals surface area contributed by atoms with Gasteiger partial charge in [-0.2, -0.15) is 0 Å². The van der Waals surface area contributed by atoms with Crippen LogP contribution in [0.25, 0.3) is 10.4 Å². The summed E-state index contributed by atoms with van der Waals surface area (Å²) in [6.45, 7) is -0.322. The number of carbonyl (C=O) groups is 6. The normalized spacial score (nSPS) is 21.3. The molecule has 1 aromatic carbocycles. The second kappa shape index (κ2) is 19.0. The van der Waals surface area contributed by atoms with Gasteiger partial charge in [-0.15, -0.1) is 0 Å². The molecule has 0 bridgehead atoms. The van der Waals surface area contributed by atoms with Gasteiger partial charge in [0, 0.05) is 24.4 Å². The Kier molecular flexibility index (Phi) is 15.1. The molecular formula is C27H39N11O7. The molecule has 45 heavy (non-hydrogen) atoms. The monoisotopic (exact) mass is 629 g/mol. The van der Waals surface area contributed by atoms with Crippen molar-refractivity contribution in [2.45, 2.75) is 69.1 Å². The van der Waals surface area contributed by atoms with Crippen LogP contribution in [0.4, 0.5) is 0 Å². The molecule has 18 heteroatoms. The van der Waals surface area contributed by atoms with Crippen LogP contribution in [0, 0.1) is 0 Å². The first-order valence-electron chi connectivity index (χ1n) is 14.3. The molecule has 2 rings (SSSR count). The molecular weight excluding hydrogens is 590 g/mol. The molecule has 4 atom stereocenters. The molecule has 1 heterocycles. The Bertz CT molecular complexity index is 1280. The number of nitrogens with two attached hydrogens (primary N) is 2. The van der Waals surface area contributed by atoms with Gasteiger partial charge >= 0.3 is 5.97 Å². The fraction of sp³-hybridized carbons (Fsp3) is 0.519. The molecule has 244 valence electrons. The summed E-state index contributed by atoms with van der Waals surface area (Å²) in [5.41, 5.74) is 19.9. The second-order valence-electron chi connectivity index (χ2n) is 10.2. The molecule has 0 radical (unpaired) electrons. The number of carboxylic acids is 1. The Morgan fingerprint density at radius 2 is 1.42 bits per heavy atom. The summed E-state index contributed by atoms with van der Waals surface area (Å²) in [5.74, 6) is -5.57. The number of rotatable bonds is 13. The summed E-state index contributed by atoms with van der Waals surface area (Å²) in [6, 6.07) is 3.47. The minimum absolute atomic E-state index is 0.0230. The summed E-state index contributed by atoms with van der Waals surface area (Å²) in [6.07, 6.45) is 0.357. The van der Waals surface area contributed by atoms with E-state index in [-0.39, 0.29) is 44.7 Å². The number of nitrogens with zero attached hydrogens (tertiary/aromatic N) is 4. The van der Waals surface area contributed by atoms with E-state index in [1.807, 2.05) is 0 Å². The van der Waals surface area contributed by atoms with Crippen molar-refractivity contribution in [3.05, 3.63) is 46.3 Å². The van der Waals surface area contributed by atoms with Gasteiger partial charge in [-0.25, -0.2) is 0 Å². The zero-order valence-corrected chi connectivity index (χ0v) is 24.6. The van der Waals surface area contributed by atoms with E-state index in [1.54, 1.807) is 30.3 Å². The van der Waals surface area contributed by atoms with Crippen LogP contribution in [0.1, 0.15) is 44.1 Å². The maximum atomic E-state index is 13.6. The number of aliphatic carboxylic acids is 1. The van der Waals surface area contributed by atoms with Gasteiger partial charge in [-0.3, -0.25) is 33.8 Å². The van der Waals surface area contributed by atoms with Gasteiger partial charge in [-0.05, 0) is 36.8 Å². The quantitative estimate of drug-likeness (QED) is 0.0308. The Morgan fingerprint density at radius 3 is 2.07 bits per heavy atom. The van der Waals surface area contributed by atoms with Crippen LogP contribution in [-0.4, -0.2) is 90.4 Å².